The van der Waals surface area contributed by atoms with E-state index in [-0.39, 0.29) is 18.2 Å². The van der Waals surface area contributed by atoms with E-state index in [1.807, 2.05) is 25.8 Å². The Morgan fingerprint density at radius 1 is 1.70 bits per heavy atom. The van der Waals surface area contributed by atoms with E-state index in [9.17, 15) is 4.79 Å². The van der Waals surface area contributed by atoms with Crippen LogP contribution in [0.1, 0.15) is 20.3 Å². The Balaban J connectivity index is 2.64. The highest BCUT2D eigenvalue weighted by atomic mass is 16.6. The van der Waals surface area contributed by atoms with Gasteiger partial charge in [-0.05, 0) is 20.4 Å². The molecule has 1 rings (SSSR count). The Morgan fingerprint density at radius 2 is 2.30 bits per heavy atom. The molecule has 0 saturated carbocycles. The highest BCUT2D eigenvalue weighted by Crippen LogP contribution is 2.17. The number of esters is 1. The number of nitrogens with zero attached hydrogens (tertiary/aromatic N) is 1. The Bertz CT molecular complexity index is 147. The maximum Gasteiger partial charge on any atom is 0.325 e. The molecule has 0 aromatic rings. The van der Waals surface area contributed by atoms with Gasteiger partial charge in [-0.15, -0.1) is 0 Å². The van der Waals surface area contributed by atoms with Gasteiger partial charge in [-0.3, -0.25) is 9.69 Å². The van der Waals surface area contributed by atoms with Crippen LogP contribution in [-0.4, -0.2) is 30.2 Å². The molecule has 2 unspecified atom stereocenters. The molecule has 1 saturated heterocycles. The molecule has 3 heteroatoms. The van der Waals surface area contributed by atoms with E-state index >= 15 is 0 Å². The second-order valence-electron chi connectivity index (χ2n) is 2.63. The Morgan fingerprint density at radius 3 is 2.50 bits per heavy atom. The fourth-order valence-electron chi connectivity index (χ4n) is 1.20. The van der Waals surface area contributed by atoms with Gasteiger partial charge in [-0.1, -0.05) is 6.92 Å². The molecule has 0 aromatic heterocycles. The fraction of sp³-hybridized carbons (Fsp3) is 0.857. The van der Waals surface area contributed by atoms with Crippen LogP contribution in [0, 0.1) is 0 Å². The van der Waals surface area contributed by atoms with Gasteiger partial charge in [0.15, 0.2) is 6.23 Å². The molecule has 0 bridgehead atoms. The first-order valence-electron chi connectivity index (χ1n) is 3.59. The second-order valence-corrected chi connectivity index (χ2v) is 2.63. The predicted molar refractivity (Wildman–Crippen MR) is 37.4 cm³/mol. The molecule has 0 amide bonds. The summed E-state index contributed by atoms with van der Waals surface area (Å²) < 4.78 is 4.96. The summed E-state index contributed by atoms with van der Waals surface area (Å²) in [6.45, 7) is 3.87. The molecule has 1 heterocycles. The molecule has 3 nitrogen and oxygen atoms in total. The lowest BCUT2D eigenvalue weighted by Gasteiger charge is -2.15. The van der Waals surface area contributed by atoms with Crippen molar-refractivity contribution in [3.63, 3.8) is 0 Å². The fourth-order valence-corrected chi connectivity index (χ4v) is 1.20. The molecule has 1 fully saturated rings. The van der Waals surface area contributed by atoms with Gasteiger partial charge in [-0.2, -0.15) is 0 Å². The van der Waals surface area contributed by atoms with E-state index in [1.54, 1.807) is 0 Å². The zero-order valence-electron chi connectivity index (χ0n) is 6.63. The zero-order valence-corrected chi connectivity index (χ0v) is 6.63. The molecular weight excluding hydrogens is 130 g/mol. The zero-order chi connectivity index (χ0) is 7.72. The van der Waals surface area contributed by atoms with Crippen LogP contribution in [0.3, 0.4) is 0 Å². The minimum atomic E-state index is -0.0856. The molecular formula is C7H13NO2. The Kier molecular flexibility index (Phi) is 1.94. The normalized spacial score (nSPS) is 34.5. The van der Waals surface area contributed by atoms with E-state index in [0.717, 1.165) is 6.42 Å². The molecule has 0 spiro atoms. The third kappa shape index (κ3) is 1.01. The van der Waals surface area contributed by atoms with Crippen molar-refractivity contribution in [2.45, 2.75) is 32.5 Å². The summed E-state index contributed by atoms with van der Waals surface area (Å²) in [6.07, 6.45) is 0.789. The van der Waals surface area contributed by atoms with Gasteiger partial charge in [0.05, 0.1) is 0 Å². The van der Waals surface area contributed by atoms with Crippen LogP contribution in [0.2, 0.25) is 0 Å². The van der Waals surface area contributed by atoms with Crippen molar-refractivity contribution < 1.29 is 9.53 Å². The predicted octanol–water partition coefficient (Wildman–Crippen LogP) is 0.600. The molecule has 2 atom stereocenters. The summed E-state index contributed by atoms with van der Waals surface area (Å²) in [6, 6.07) is -0.0185. The van der Waals surface area contributed by atoms with Gasteiger partial charge in [0.1, 0.15) is 6.04 Å². The van der Waals surface area contributed by atoms with E-state index in [2.05, 4.69) is 0 Å². The van der Waals surface area contributed by atoms with E-state index in [0.29, 0.717) is 0 Å². The van der Waals surface area contributed by atoms with Gasteiger partial charge in [-0.25, -0.2) is 0 Å². The van der Waals surface area contributed by atoms with E-state index < -0.39 is 0 Å². The van der Waals surface area contributed by atoms with Crippen LogP contribution in [0.5, 0.6) is 0 Å². The van der Waals surface area contributed by atoms with Crippen LogP contribution in [-0.2, 0) is 9.53 Å². The van der Waals surface area contributed by atoms with Crippen molar-refractivity contribution in [1.82, 2.24) is 4.90 Å². The number of rotatable bonds is 1. The minimum Gasteiger partial charge on any atom is -0.445 e. The summed E-state index contributed by atoms with van der Waals surface area (Å²) in [4.78, 5) is 12.9. The Hall–Kier alpha value is -0.570. The summed E-state index contributed by atoms with van der Waals surface area (Å²) in [7, 11) is 1.91. The number of carbonyl (C=O) groups excluding carboxylic acids is 1. The number of hydrogen-bond donors (Lipinski definition) is 0. The highest BCUT2D eigenvalue weighted by molar-refractivity contribution is 5.77. The first-order chi connectivity index (χ1) is 4.66. The number of carbonyl (C=O) groups is 1. The lowest BCUT2D eigenvalue weighted by Crippen LogP contribution is -2.32. The van der Waals surface area contributed by atoms with Crippen LogP contribution < -0.4 is 0 Å². The topological polar surface area (TPSA) is 29.5 Å². The maximum atomic E-state index is 11.0. The SMILES string of the molecule is CCC1C(=O)OC(C)N1C. The Labute approximate surface area is 61.0 Å². The molecule has 1 aliphatic heterocycles. The molecule has 0 aromatic carbocycles. The first kappa shape index (κ1) is 7.54. The van der Waals surface area contributed by atoms with Crippen molar-refractivity contribution in [3.05, 3.63) is 0 Å². The molecule has 10 heavy (non-hydrogen) atoms. The molecule has 0 aliphatic carbocycles. The molecule has 1 aliphatic rings. The van der Waals surface area contributed by atoms with Gasteiger partial charge in [0.2, 0.25) is 0 Å². The van der Waals surface area contributed by atoms with Crippen LogP contribution in [0.25, 0.3) is 0 Å². The summed E-state index contributed by atoms with van der Waals surface area (Å²) in [5, 5.41) is 0. The van der Waals surface area contributed by atoms with Crippen molar-refractivity contribution >= 4 is 5.97 Å². The number of likely N-dealkylation sites (N-methyl/N-ethyl adjacent to an activating group) is 1. The minimum absolute atomic E-state index is 0.0185. The van der Waals surface area contributed by atoms with Gasteiger partial charge in [0.25, 0.3) is 0 Å². The maximum absolute atomic E-state index is 11.0. The monoisotopic (exact) mass is 143 g/mol. The quantitative estimate of drug-likeness (QED) is 0.503. The lowest BCUT2D eigenvalue weighted by molar-refractivity contribution is -0.142. The van der Waals surface area contributed by atoms with Crippen LogP contribution in [0.15, 0.2) is 0 Å². The molecule has 58 valence electrons. The average molecular weight is 143 g/mol. The number of hydrogen-bond acceptors (Lipinski definition) is 3. The lowest BCUT2D eigenvalue weighted by atomic mass is 10.2. The smallest absolute Gasteiger partial charge is 0.325 e. The third-order valence-electron chi connectivity index (χ3n) is 2.01. The molecule has 0 radical (unpaired) electrons. The largest absolute Gasteiger partial charge is 0.445 e. The molecule has 0 N–H and O–H groups in total. The van der Waals surface area contributed by atoms with Gasteiger partial charge < -0.3 is 4.74 Å². The van der Waals surface area contributed by atoms with E-state index in [1.165, 1.54) is 0 Å². The standard InChI is InChI=1S/C7H13NO2/c1-4-6-7(9)10-5(2)8(6)3/h5-6H,4H2,1-3H3. The second kappa shape index (κ2) is 2.58. The van der Waals surface area contributed by atoms with Crippen molar-refractivity contribution in [1.29, 1.82) is 0 Å². The van der Waals surface area contributed by atoms with Crippen LogP contribution >= 0.6 is 0 Å². The summed E-state index contributed by atoms with van der Waals surface area (Å²) >= 11 is 0. The first-order valence-corrected chi connectivity index (χ1v) is 3.59. The third-order valence-corrected chi connectivity index (χ3v) is 2.01. The average Bonchev–Trinajstić information content (AvgIpc) is 2.09. The summed E-state index contributed by atoms with van der Waals surface area (Å²) in [5.74, 6) is -0.0856. The number of ether oxygens (including phenoxy) is 1. The van der Waals surface area contributed by atoms with Crippen molar-refractivity contribution in [2.24, 2.45) is 0 Å². The van der Waals surface area contributed by atoms with Gasteiger partial charge >= 0.3 is 5.97 Å². The van der Waals surface area contributed by atoms with Crippen molar-refractivity contribution in [2.75, 3.05) is 7.05 Å². The highest BCUT2D eigenvalue weighted by Gasteiger charge is 2.35. The van der Waals surface area contributed by atoms with E-state index in [4.69, 9.17) is 4.74 Å². The van der Waals surface area contributed by atoms with Crippen LogP contribution in [0.4, 0.5) is 0 Å². The van der Waals surface area contributed by atoms with Gasteiger partial charge in [0, 0.05) is 0 Å². The number of cyclic esters (lactones) is 1. The summed E-state index contributed by atoms with van der Waals surface area (Å²) in [5.41, 5.74) is 0. The van der Waals surface area contributed by atoms with Crippen molar-refractivity contribution in [3.8, 4) is 0 Å².